The fourth-order valence-corrected chi connectivity index (χ4v) is 2.76. The molecule has 5 nitrogen and oxygen atoms in total. The molecule has 0 heterocycles. The molecule has 2 amide bonds. The number of aryl methyl sites for hydroxylation is 1. The van der Waals surface area contributed by atoms with Gasteiger partial charge in [0.15, 0.2) is 0 Å². The molecule has 0 aromatic heterocycles. The van der Waals surface area contributed by atoms with Gasteiger partial charge in [0.1, 0.15) is 6.07 Å². The van der Waals surface area contributed by atoms with Gasteiger partial charge in [-0.1, -0.05) is 42.0 Å². The van der Waals surface area contributed by atoms with Gasteiger partial charge in [0, 0.05) is 17.7 Å². The number of nitriles is 1. The molecule has 3 aromatic carbocycles. The molecule has 5 heteroatoms. The van der Waals surface area contributed by atoms with Gasteiger partial charge in [-0.2, -0.15) is 5.26 Å². The van der Waals surface area contributed by atoms with Crippen LogP contribution in [0.15, 0.2) is 72.8 Å². The summed E-state index contributed by atoms with van der Waals surface area (Å²) < 4.78 is 0. The van der Waals surface area contributed by atoms with E-state index in [2.05, 4.69) is 10.6 Å². The number of nitrogens with one attached hydrogen (secondary N) is 2. The summed E-state index contributed by atoms with van der Waals surface area (Å²) in [6.07, 6.45) is 0. The Balaban J connectivity index is 1.63. The Labute approximate surface area is 163 Å². The molecule has 0 aliphatic rings. The van der Waals surface area contributed by atoms with Crippen molar-refractivity contribution in [2.24, 2.45) is 0 Å². The van der Waals surface area contributed by atoms with Gasteiger partial charge in [0.05, 0.1) is 11.3 Å². The maximum absolute atomic E-state index is 12.4. The van der Waals surface area contributed by atoms with Gasteiger partial charge in [-0.25, -0.2) is 0 Å². The summed E-state index contributed by atoms with van der Waals surface area (Å²) in [4.78, 5) is 24.7. The summed E-state index contributed by atoms with van der Waals surface area (Å²) in [5.41, 5.74) is 3.89. The molecule has 0 saturated heterocycles. The van der Waals surface area contributed by atoms with Gasteiger partial charge in [0.2, 0.25) is 0 Å². The topological polar surface area (TPSA) is 82.0 Å². The van der Waals surface area contributed by atoms with E-state index in [4.69, 9.17) is 5.26 Å². The average molecular weight is 369 g/mol. The van der Waals surface area contributed by atoms with Crippen molar-refractivity contribution >= 4 is 17.5 Å². The lowest BCUT2D eigenvalue weighted by molar-refractivity contribution is 0.0949. The van der Waals surface area contributed by atoms with E-state index in [1.807, 2.05) is 37.3 Å². The molecule has 28 heavy (non-hydrogen) atoms. The third-order valence-corrected chi connectivity index (χ3v) is 4.24. The molecule has 0 unspecified atom stereocenters. The summed E-state index contributed by atoms with van der Waals surface area (Å²) in [5.74, 6) is -0.544. The van der Waals surface area contributed by atoms with Crippen LogP contribution in [0.5, 0.6) is 0 Å². The van der Waals surface area contributed by atoms with Gasteiger partial charge in [0.25, 0.3) is 11.8 Å². The van der Waals surface area contributed by atoms with Crippen LogP contribution in [0.2, 0.25) is 0 Å². The minimum atomic E-state index is -0.339. The second kappa shape index (κ2) is 8.65. The van der Waals surface area contributed by atoms with Crippen LogP contribution in [0, 0.1) is 18.3 Å². The first-order valence-corrected chi connectivity index (χ1v) is 8.81. The van der Waals surface area contributed by atoms with E-state index in [0.717, 1.165) is 11.1 Å². The van der Waals surface area contributed by atoms with Crippen LogP contribution in [0.1, 0.15) is 37.4 Å². The lowest BCUT2D eigenvalue weighted by Crippen LogP contribution is -2.23. The monoisotopic (exact) mass is 369 g/mol. The molecule has 0 radical (unpaired) electrons. The highest BCUT2D eigenvalue weighted by Crippen LogP contribution is 2.15. The maximum Gasteiger partial charge on any atom is 0.255 e. The fraction of sp³-hybridized carbons (Fsp3) is 0.0870. The second-order valence-electron chi connectivity index (χ2n) is 6.36. The van der Waals surface area contributed by atoms with Crippen molar-refractivity contribution in [3.63, 3.8) is 0 Å². The summed E-state index contributed by atoms with van der Waals surface area (Å²) >= 11 is 0. The average Bonchev–Trinajstić information content (AvgIpc) is 2.72. The second-order valence-corrected chi connectivity index (χ2v) is 6.36. The van der Waals surface area contributed by atoms with Crippen molar-refractivity contribution < 1.29 is 9.59 Å². The number of amides is 2. The first-order valence-electron chi connectivity index (χ1n) is 8.81. The highest BCUT2D eigenvalue weighted by molar-refractivity contribution is 6.05. The number of para-hydroxylation sites is 1. The molecule has 138 valence electrons. The first kappa shape index (κ1) is 18.9. The van der Waals surface area contributed by atoms with E-state index in [9.17, 15) is 9.59 Å². The lowest BCUT2D eigenvalue weighted by atomic mass is 10.1. The number of rotatable bonds is 5. The van der Waals surface area contributed by atoms with Crippen molar-refractivity contribution in [1.82, 2.24) is 5.32 Å². The van der Waals surface area contributed by atoms with E-state index in [1.54, 1.807) is 48.5 Å². The molecule has 0 aliphatic carbocycles. The van der Waals surface area contributed by atoms with Crippen LogP contribution < -0.4 is 10.6 Å². The van der Waals surface area contributed by atoms with E-state index < -0.39 is 0 Å². The number of carbonyl (C=O) groups is 2. The number of anilines is 1. The Kier molecular flexibility index (Phi) is 5.83. The minimum absolute atomic E-state index is 0.205. The van der Waals surface area contributed by atoms with E-state index in [0.29, 0.717) is 28.9 Å². The van der Waals surface area contributed by atoms with E-state index >= 15 is 0 Å². The highest BCUT2D eigenvalue weighted by Gasteiger charge is 2.11. The van der Waals surface area contributed by atoms with Crippen LogP contribution in [0.3, 0.4) is 0 Å². The number of carbonyl (C=O) groups excluding carboxylic acids is 2. The Morgan fingerprint density at radius 2 is 1.57 bits per heavy atom. The van der Waals surface area contributed by atoms with Crippen LogP contribution in [-0.4, -0.2) is 11.8 Å². The zero-order chi connectivity index (χ0) is 19.9. The predicted octanol–water partition coefficient (Wildman–Crippen LogP) is 4.05. The van der Waals surface area contributed by atoms with Crippen molar-refractivity contribution in [3.05, 3.63) is 101 Å². The summed E-state index contributed by atoms with van der Waals surface area (Å²) in [6, 6.07) is 23.2. The van der Waals surface area contributed by atoms with E-state index in [1.165, 1.54) is 0 Å². The first-order chi connectivity index (χ1) is 13.6. The number of nitrogens with zero attached hydrogens (tertiary/aromatic N) is 1. The largest absolute Gasteiger partial charge is 0.348 e. The van der Waals surface area contributed by atoms with Crippen LogP contribution in [0.25, 0.3) is 0 Å². The zero-order valence-electron chi connectivity index (χ0n) is 15.4. The Morgan fingerprint density at radius 3 is 2.25 bits per heavy atom. The van der Waals surface area contributed by atoms with Crippen molar-refractivity contribution in [3.8, 4) is 6.07 Å². The summed E-state index contributed by atoms with van der Waals surface area (Å²) in [5, 5.41) is 14.7. The SMILES string of the molecule is Cc1cccc(CNC(=O)c2ccc(C(=O)Nc3ccccc3C#N)cc2)c1. The predicted molar refractivity (Wildman–Crippen MR) is 108 cm³/mol. The van der Waals surface area contributed by atoms with E-state index in [-0.39, 0.29) is 11.8 Å². The summed E-state index contributed by atoms with van der Waals surface area (Å²) in [6.45, 7) is 2.44. The number of benzene rings is 3. The molecule has 0 fully saturated rings. The number of hydrogen-bond acceptors (Lipinski definition) is 3. The Bertz CT molecular complexity index is 1050. The van der Waals surface area contributed by atoms with Crippen LogP contribution >= 0.6 is 0 Å². The minimum Gasteiger partial charge on any atom is -0.348 e. The third-order valence-electron chi connectivity index (χ3n) is 4.24. The highest BCUT2D eigenvalue weighted by atomic mass is 16.2. The molecule has 0 bridgehead atoms. The molecular weight excluding hydrogens is 350 g/mol. The van der Waals surface area contributed by atoms with Gasteiger partial charge in [-0.3, -0.25) is 9.59 Å². The fourth-order valence-electron chi connectivity index (χ4n) is 2.76. The lowest BCUT2D eigenvalue weighted by Gasteiger charge is -2.08. The molecule has 3 rings (SSSR count). The van der Waals surface area contributed by atoms with Crippen molar-refractivity contribution in [2.75, 3.05) is 5.32 Å². The zero-order valence-corrected chi connectivity index (χ0v) is 15.4. The molecular formula is C23H19N3O2. The van der Waals surface area contributed by atoms with Gasteiger partial charge >= 0.3 is 0 Å². The molecule has 0 saturated carbocycles. The van der Waals surface area contributed by atoms with Gasteiger partial charge < -0.3 is 10.6 Å². The third kappa shape index (κ3) is 4.63. The molecule has 0 aliphatic heterocycles. The van der Waals surface area contributed by atoms with Crippen LogP contribution in [-0.2, 0) is 6.54 Å². The Hall–Kier alpha value is -3.91. The number of hydrogen-bond donors (Lipinski definition) is 2. The maximum atomic E-state index is 12.4. The van der Waals surface area contributed by atoms with Crippen LogP contribution in [0.4, 0.5) is 5.69 Å². The summed E-state index contributed by atoms with van der Waals surface area (Å²) in [7, 11) is 0. The molecule has 3 aromatic rings. The molecule has 0 atom stereocenters. The van der Waals surface area contributed by atoms with Gasteiger partial charge in [-0.05, 0) is 48.9 Å². The standard InChI is InChI=1S/C23H19N3O2/c1-16-5-4-6-17(13-16)15-25-22(27)18-9-11-19(12-10-18)23(28)26-21-8-3-2-7-20(21)14-24/h2-13H,15H2,1H3,(H,25,27)(H,26,28). The molecule has 0 spiro atoms. The smallest absolute Gasteiger partial charge is 0.255 e. The molecule has 2 N–H and O–H groups in total. The van der Waals surface area contributed by atoms with Crippen molar-refractivity contribution in [1.29, 1.82) is 5.26 Å². The quantitative estimate of drug-likeness (QED) is 0.712. The van der Waals surface area contributed by atoms with Gasteiger partial charge in [-0.15, -0.1) is 0 Å². The normalized spacial score (nSPS) is 10.0. The Morgan fingerprint density at radius 1 is 0.893 bits per heavy atom. The van der Waals surface area contributed by atoms with Crippen molar-refractivity contribution in [2.45, 2.75) is 13.5 Å².